The fourth-order valence-electron chi connectivity index (χ4n) is 3.73. The summed E-state index contributed by atoms with van der Waals surface area (Å²) >= 11 is 3.44. The minimum atomic E-state index is -0.248. The van der Waals surface area contributed by atoms with Gasteiger partial charge in [-0.05, 0) is 57.4 Å². The zero-order chi connectivity index (χ0) is 27.7. The van der Waals surface area contributed by atoms with Crippen LogP contribution in [0.4, 0.5) is 5.69 Å². The number of hydrogen-bond acceptors (Lipinski definition) is 8. The minimum absolute atomic E-state index is 0.248. The normalized spacial score (nSPS) is 10.9. The van der Waals surface area contributed by atoms with Crippen LogP contribution in [-0.4, -0.2) is 48.4 Å². The van der Waals surface area contributed by atoms with E-state index < -0.39 is 0 Å². The van der Waals surface area contributed by atoms with Gasteiger partial charge in [0.25, 0.3) is 0 Å². The molecule has 0 aliphatic carbocycles. The van der Waals surface area contributed by atoms with E-state index in [4.69, 9.17) is 28.4 Å². The highest BCUT2D eigenvalue weighted by Crippen LogP contribution is 2.45. The molecule has 9 heteroatoms. The first-order valence-corrected chi connectivity index (χ1v) is 12.2. The molecule has 0 fully saturated rings. The molecule has 0 aromatic heterocycles. The number of ether oxygens (including phenoxy) is 6. The van der Waals surface area contributed by atoms with Crippen LogP contribution in [0.1, 0.15) is 21.5 Å². The van der Waals surface area contributed by atoms with Gasteiger partial charge < -0.3 is 33.7 Å². The Kier molecular flexibility index (Phi) is 10.1. The van der Waals surface area contributed by atoms with E-state index in [1.165, 1.54) is 27.4 Å². The molecular weight excluding hydrogens is 554 g/mol. The van der Waals surface area contributed by atoms with E-state index in [9.17, 15) is 4.79 Å². The molecule has 0 saturated heterocycles. The van der Waals surface area contributed by atoms with Gasteiger partial charge >= 0.3 is 0 Å². The van der Waals surface area contributed by atoms with E-state index in [1.54, 1.807) is 33.6 Å². The summed E-state index contributed by atoms with van der Waals surface area (Å²) in [6.07, 6.45) is 6.93. The SMILES string of the molecule is COc1cc(/C=C/c2cccc(N/C=C\C(=O)c3cc(OC)c(OC)c(OC)c3Br)c2)cc(OC)c1OC. The average molecular weight is 584 g/mol. The third-order valence-corrected chi connectivity index (χ3v) is 6.35. The number of ketones is 1. The summed E-state index contributed by atoms with van der Waals surface area (Å²) in [5.41, 5.74) is 3.03. The molecule has 38 heavy (non-hydrogen) atoms. The Balaban J connectivity index is 1.77. The van der Waals surface area contributed by atoms with E-state index in [0.717, 1.165) is 16.8 Å². The fraction of sp³-hybridized carbons (Fsp3) is 0.207. The van der Waals surface area contributed by atoms with Gasteiger partial charge in [-0.2, -0.15) is 0 Å². The molecule has 3 aromatic rings. The summed E-state index contributed by atoms with van der Waals surface area (Å²) in [5.74, 6) is 2.62. The average Bonchev–Trinajstić information content (AvgIpc) is 2.95. The van der Waals surface area contributed by atoms with E-state index in [2.05, 4.69) is 21.2 Å². The van der Waals surface area contributed by atoms with Gasteiger partial charge in [-0.25, -0.2) is 0 Å². The fourth-order valence-corrected chi connectivity index (χ4v) is 4.38. The predicted molar refractivity (Wildman–Crippen MR) is 152 cm³/mol. The smallest absolute Gasteiger partial charge is 0.204 e. The minimum Gasteiger partial charge on any atom is -0.493 e. The summed E-state index contributed by atoms with van der Waals surface area (Å²) in [4.78, 5) is 12.9. The lowest BCUT2D eigenvalue weighted by atomic mass is 10.1. The van der Waals surface area contributed by atoms with Crippen LogP contribution in [0.3, 0.4) is 0 Å². The maximum atomic E-state index is 12.9. The van der Waals surface area contributed by atoms with Crippen molar-refractivity contribution in [1.82, 2.24) is 0 Å². The Hall–Kier alpha value is -4.11. The molecular formula is C29H30BrNO7. The molecule has 200 valence electrons. The summed E-state index contributed by atoms with van der Waals surface area (Å²) < 4.78 is 32.8. The summed E-state index contributed by atoms with van der Waals surface area (Å²) in [5, 5.41) is 3.14. The van der Waals surface area contributed by atoms with E-state index in [1.807, 2.05) is 48.6 Å². The van der Waals surface area contributed by atoms with Gasteiger partial charge in [0.05, 0.1) is 47.1 Å². The zero-order valence-corrected chi connectivity index (χ0v) is 23.7. The number of carbonyl (C=O) groups excluding carboxylic acids is 1. The van der Waals surface area contributed by atoms with Gasteiger partial charge in [0, 0.05) is 23.5 Å². The third kappa shape index (κ3) is 6.41. The lowest BCUT2D eigenvalue weighted by Crippen LogP contribution is -2.03. The van der Waals surface area contributed by atoms with Gasteiger partial charge in [0.15, 0.2) is 28.8 Å². The van der Waals surface area contributed by atoms with Crippen LogP contribution in [0.25, 0.3) is 12.2 Å². The van der Waals surface area contributed by atoms with Crippen molar-refractivity contribution in [3.8, 4) is 34.5 Å². The quantitative estimate of drug-likeness (QED) is 0.147. The maximum Gasteiger partial charge on any atom is 0.204 e. The molecule has 0 aliphatic heterocycles. The molecule has 3 rings (SSSR count). The molecule has 0 spiro atoms. The van der Waals surface area contributed by atoms with Crippen molar-refractivity contribution in [3.05, 3.63) is 75.9 Å². The molecule has 0 radical (unpaired) electrons. The number of allylic oxidation sites excluding steroid dienone is 1. The second kappa shape index (κ2) is 13.4. The van der Waals surface area contributed by atoms with Gasteiger partial charge in [-0.15, -0.1) is 0 Å². The number of anilines is 1. The van der Waals surface area contributed by atoms with Crippen LogP contribution in [0.15, 0.2) is 59.2 Å². The number of rotatable bonds is 12. The highest BCUT2D eigenvalue weighted by molar-refractivity contribution is 9.10. The number of nitrogens with one attached hydrogen (secondary N) is 1. The highest BCUT2D eigenvalue weighted by Gasteiger charge is 2.21. The molecule has 0 aliphatic rings. The largest absolute Gasteiger partial charge is 0.493 e. The number of hydrogen-bond donors (Lipinski definition) is 1. The van der Waals surface area contributed by atoms with E-state index in [0.29, 0.717) is 44.5 Å². The molecule has 0 bridgehead atoms. The van der Waals surface area contributed by atoms with Gasteiger partial charge in [0.1, 0.15) is 0 Å². The molecule has 0 unspecified atom stereocenters. The topological polar surface area (TPSA) is 84.5 Å². The van der Waals surface area contributed by atoms with Crippen molar-refractivity contribution in [2.75, 3.05) is 48.0 Å². The van der Waals surface area contributed by atoms with Crippen LogP contribution in [0.5, 0.6) is 34.5 Å². The Morgan fingerprint density at radius 3 is 1.87 bits per heavy atom. The summed E-state index contributed by atoms with van der Waals surface area (Å²) in [6, 6.07) is 13.1. The maximum absolute atomic E-state index is 12.9. The van der Waals surface area contributed by atoms with E-state index >= 15 is 0 Å². The Morgan fingerprint density at radius 1 is 0.711 bits per heavy atom. The summed E-state index contributed by atoms with van der Waals surface area (Å²) in [7, 11) is 9.24. The van der Waals surface area contributed by atoms with Crippen molar-refractivity contribution < 1.29 is 33.2 Å². The van der Waals surface area contributed by atoms with Crippen molar-refractivity contribution in [3.63, 3.8) is 0 Å². The molecule has 0 amide bonds. The number of benzene rings is 3. The predicted octanol–water partition coefficient (Wildman–Crippen LogP) is 6.48. The monoisotopic (exact) mass is 583 g/mol. The van der Waals surface area contributed by atoms with Crippen LogP contribution in [0.2, 0.25) is 0 Å². The zero-order valence-electron chi connectivity index (χ0n) is 22.1. The number of carbonyl (C=O) groups is 1. The lowest BCUT2D eigenvalue weighted by molar-refractivity contribution is 0.104. The van der Waals surface area contributed by atoms with Crippen molar-refractivity contribution in [1.29, 1.82) is 0 Å². The first kappa shape index (κ1) is 28.5. The number of methoxy groups -OCH3 is 6. The van der Waals surface area contributed by atoms with Gasteiger partial charge in [0.2, 0.25) is 11.5 Å². The van der Waals surface area contributed by atoms with Crippen LogP contribution >= 0.6 is 15.9 Å². The molecule has 8 nitrogen and oxygen atoms in total. The van der Waals surface area contributed by atoms with Crippen LogP contribution in [-0.2, 0) is 0 Å². The Morgan fingerprint density at radius 2 is 1.29 bits per heavy atom. The van der Waals surface area contributed by atoms with Crippen molar-refractivity contribution in [2.45, 2.75) is 0 Å². The molecule has 0 heterocycles. The van der Waals surface area contributed by atoms with Crippen molar-refractivity contribution >= 4 is 39.6 Å². The Bertz CT molecular complexity index is 1330. The molecule has 3 aromatic carbocycles. The molecule has 0 atom stereocenters. The van der Waals surface area contributed by atoms with Crippen molar-refractivity contribution in [2.24, 2.45) is 0 Å². The molecule has 1 N–H and O–H groups in total. The second-order valence-electron chi connectivity index (χ2n) is 7.77. The standard InChI is InChI=1S/C29H30BrNO7/c1-33-23-15-19(16-24(34-2)27(23)36-4)11-10-18-8-7-9-20(14-18)31-13-12-22(32)21-17-25(35-3)28(37-5)29(38-6)26(21)30/h7-17,31H,1-6H3/b11-10+,13-12-. The van der Waals surface area contributed by atoms with Crippen LogP contribution < -0.4 is 33.7 Å². The van der Waals surface area contributed by atoms with Gasteiger partial charge in [-0.1, -0.05) is 24.3 Å². The lowest BCUT2D eigenvalue weighted by Gasteiger charge is -2.15. The van der Waals surface area contributed by atoms with Gasteiger partial charge in [-0.3, -0.25) is 4.79 Å². The highest BCUT2D eigenvalue weighted by atomic mass is 79.9. The molecule has 0 saturated carbocycles. The second-order valence-corrected chi connectivity index (χ2v) is 8.56. The third-order valence-electron chi connectivity index (χ3n) is 5.56. The van der Waals surface area contributed by atoms with E-state index in [-0.39, 0.29) is 5.78 Å². The van der Waals surface area contributed by atoms with Crippen LogP contribution in [0, 0.1) is 0 Å². The Labute approximate surface area is 230 Å². The first-order chi connectivity index (χ1) is 18.4. The number of halogens is 1. The summed E-state index contributed by atoms with van der Waals surface area (Å²) in [6.45, 7) is 0. The first-order valence-electron chi connectivity index (χ1n) is 11.4.